The van der Waals surface area contributed by atoms with Gasteiger partial charge in [-0.2, -0.15) is 11.8 Å². The minimum Gasteiger partial charge on any atom is -0.355 e. The Morgan fingerprint density at radius 2 is 2.33 bits per heavy atom. The van der Waals surface area contributed by atoms with Gasteiger partial charge in [0.25, 0.3) is 0 Å². The van der Waals surface area contributed by atoms with Gasteiger partial charge in [-0.05, 0) is 31.9 Å². The van der Waals surface area contributed by atoms with Crippen LogP contribution in [0, 0.1) is 0 Å². The van der Waals surface area contributed by atoms with Crippen LogP contribution >= 0.6 is 11.8 Å². The van der Waals surface area contributed by atoms with Crippen LogP contribution in [-0.4, -0.2) is 36.0 Å². The molecule has 0 bridgehead atoms. The molecule has 0 saturated carbocycles. The third-order valence-electron chi connectivity index (χ3n) is 2.66. The van der Waals surface area contributed by atoms with Crippen molar-refractivity contribution in [1.82, 2.24) is 10.6 Å². The Labute approximate surface area is 96.8 Å². The molecule has 0 aliphatic carbocycles. The minimum absolute atomic E-state index is 0.114. The smallest absolute Gasteiger partial charge is 0.233 e. The fourth-order valence-electron chi connectivity index (χ4n) is 1.74. The molecule has 1 saturated heterocycles. The molecule has 1 unspecified atom stereocenters. The van der Waals surface area contributed by atoms with Gasteiger partial charge in [-0.1, -0.05) is 6.92 Å². The predicted octanol–water partition coefficient (Wildman–Crippen LogP) is 1.39. The van der Waals surface area contributed by atoms with Crippen molar-refractivity contribution in [1.29, 1.82) is 0 Å². The molecule has 1 rings (SSSR count). The molecule has 0 aromatic heterocycles. The van der Waals surface area contributed by atoms with Gasteiger partial charge in [0.15, 0.2) is 0 Å². The topological polar surface area (TPSA) is 41.1 Å². The van der Waals surface area contributed by atoms with E-state index in [1.54, 1.807) is 0 Å². The molecule has 88 valence electrons. The van der Waals surface area contributed by atoms with E-state index in [4.69, 9.17) is 0 Å². The molecule has 0 spiro atoms. The fourth-order valence-corrected chi connectivity index (χ4v) is 3.02. The Morgan fingerprint density at radius 3 is 2.93 bits per heavy atom. The summed E-state index contributed by atoms with van der Waals surface area (Å²) in [4.78, 5) is 11.3. The first-order valence-electron chi connectivity index (χ1n) is 5.78. The summed E-state index contributed by atoms with van der Waals surface area (Å²) in [5.41, 5.74) is 0. The van der Waals surface area contributed by atoms with Gasteiger partial charge in [-0.3, -0.25) is 4.79 Å². The number of carbonyl (C=O) groups is 1. The summed E-state index contributed by atoms with van der Waals surface area (Å²) in [6, 6.07) is 0. The molecule has 1 fully saturated rings. The summed E-state index contributed by atoms with van der Waals surface area (Å²) in [5, 5.41) is 6.11. The number of amides is 1. The summed E-state index contributed by atoms with van der Waals surface area (Å²) >= 11 is 2.02. The average Bonchev–Trinajstić information content (AvgIpc) is 2.62. The molecule has 3 nitrogen and oxygen atoms in total. The lowest BCUT2D eigenvalue weighted by Crippen LogP contribution is -2.40. The Kier molecular flexibility index (Phi) is 5.47. The highest BCUT2D eigenvalue weighted by molar-refractivity contribution is 8.00. The van der Waals surface area contributed by atoms with E-state index in [0.717, 1.165) is 19.5 Å². The SMILES string of the molecule is CCCNC(=O)CNCC1(C)CCCS1. The van der Waals surface area contributed by atoms with E-state index in [9.17, 15) is 4.79 Å². The van der Waals surface area contributed by atoms with Gasteiger partial charge < -0.3 is 10.6 Å². The highest BCUT2D eigenvalue weighted by atomic mass is 32.2. The van der Waals surface area contributed by atoms with E-state index < -0.39 is 0 Å². The van der Waals surface area contributed by atoms with Gasteiger partial charge in [0.2, 0.25) is 5.91 Å². The van der Waals surface area contributed by atoms with E-state index in [1.165, 1.54) is 18.6 Å². The van der Waals surface area contributed by atoms with Crippen LogP contribution in [-0.2, 0) is 4.79 Å². The van der Waals surface area contributed by atoms with Gasteiger partial charge in [-0.15, -0.1) is 0 Å². The second kappa shape index (κ2) is 6.38. The first-order valence-corrected chi connectivity index (χ1v) is 6.76. The van der Waals surface area contributed by atoms with Crippen molar-refractivity contribution in [3.8, 4) is 0 Å². The Balaban J connectivity index is 2.07. The van der Waals surface area contributed by atoms with Crippen molar-refractivity contribution in [3.05, 3.63) is 0 Å². The lowest BCUT2D eigenvalue weighted by atomic mass is 10.1. The number of nitrogens with one attached hydrogen (secondary N) is 2. The summed E-state index contributed by atoms with van der Waals surface area (Å²) in [6.07, 6.45) is 3.57. The summed E-state index contributed by atoms with van der Waals surface area (Å²) in [6.45, 7) is 6.52. The van der Waals surface area contributed by atoms with E-state index in [0.29, 0.717) is 11.3 Å². The van der Waals surface area contributed by atoms with E-state index in [1.807, 2.05) is 11.8 Å². The highest BCUT2D eigenvalue weighted by Crippen LogP contribution is 2.36. The largest absolute Gasteiger partial charge is 0.355 e. The maximum Gasteiger partial charge on any atom is 0.233 e. The molecule has 1 heterocycles. The molecule has 4 heteroatoms. The standard InChI is InChI=1S/C11H22N2OS/c1-3-6-13-10(14)8-12-9-11(2)5-4-7-15-11/h12H,3-9H2,1-2H3,(H,13,14). The van der Waals surface area contributed by atoms with Crippen LogP contribution in [0.2, 0.25) is 0 Å². The quantitative estimate of drug-likeness (QED) is 0.724. The number of thioether (sulfide) groups is 1. The van der Waals surface area contributed by atoms with E-state index in [-0.39, 0.29) is 5.91 Å². The zero-order valence-electron chi connectivity index (χ0n) is 9.77. The molecule has 1 aliphatic heterocycles. The molecule has 0 aromatic carbocycles. The van der Waals surface area contributed by atoms with Crippen LogP contribution in [0.5, 0.6) is 0 Å². The molecular weight excluding hydrogens is 208 g/mol. The first kappa shape index (κ1) is 12.8. The van der Waals surface area contributed by atoms with Crippen molar-refractivity contribution in [2.75, 3.05) is 25.4 Å². The van der Waals surface area contributed by atoms with Crippen LogP contribution in [0.1, 0.15) is 33.1 Å². The molecule has 2 N–H and O–H groups in total. The summed E-state index contributed by atoms with van der Waals surface area (Å²) in [5.74, 6) is 1.38. The third kappa shape index (κ3) is 4.89. The normalized spacial score (nSPS) is 25.5. The monoisotopic (exact) mass is 230 g/mol. The van der Waals surface area contributed by atoms with E-state index >= 15 is 0 Å². The molecule has 1 aliphatic rings. The highest BCUT2D eigenvalue weighted by Gasteiger charge is 2.28. The maximum absolute atomic E-state index is 11.3. The Morgan fingerprint density at radius 1 is 1.53 bits per heavy atom. The second-order valence-electron chi connectivity index (χ2n) is 4.36. The second-order valence-corrected chi connectivity index (χ2v) is 6.04. The lowest BCUT2D eigenvalue weighted by Gasteiger charge is -2.22. The minimum atomic E-state index is 0.114. The average molecular weight is 230 g/mol. The predicted molar refractivity (Wildman–Crippen MR) is 66.3 cm³/mol. The number of hydrogen-bond donors (Lipinski definition) is 2. The third-order valence-corrected chi connectivity index (χ3v) is 4.20. The molecule has 0 aromatic rings. The van der Waals surface area contributed by atoms with Gasteiger partial charge in [0, 0.05) is 17.8 Å². The van der Waals surface area contributed by atoms with Crippen LogP contribution in [0.4, 0.5) is 0 Å². The van der Waals surface area contributed by atoms with Gasteiger partial charge in [-0.25, -0.2) is 0 Å². The van der Waals surface area contributed by atoms with Crippen molar-refractivity contribution in [3.63, 3.8) is 0 Å². The van der Waals surface area contributed by atoms with Crippen LogP contribution in [0.3, 0.4) is 0 Å². The number of rotatable bonds is 6. The maximum atomic E-state index is 11.3. The van der Waals surface area contributed by atoms with Crippen LogP contribution in [0.15, 0.2) is 0 Å². The Hall–Kier alpha value is -0.220. The van der Waals surface area contributed by atoms with Gasteiger partial charge in [0.05, 0.1) is 6.54 Å². The molecule has 0 radical (unpaired) electrons. The van der Waals surface area contributed by atoms with Crippen molar-refractivity contribution in [2.45, 2.75) is 37.9 Å². The number of hydrogen-bond acceptors (Lipinski definition) is 3. The summed E-state index contributed by atoms with van der Waals surface area (Å²) < 4.78 is 0.352. The Bertz CT molecular complexity index is 203. The van der Waals surface area contributed by atoms with Crippen LogP contribution < -0.4 is 10.6 Å². The zero-order valence-corrected chi connectivity index (χ0v) is 10.6. The molecule has 15 heavy (non-hydrogen) atoms. The van der Waals surface area contributed by atoms with Crippen LogP contribution in [0.25, 0.3) is 0 Å². The van der Waals surface area contributed by atoms with Crippen molar-refractivity contribution < 1.29 is 4.79 Å². The number of carbonyl (C=O) groups excluding carboxylic acids is 1. The summed E-state index contributed by atoms with van der Waals surface area (Å²) in [7, 11) is 0. The fraction of sp³-hybridized carbons (Fsp3) is 0.909. The first-order chi connectivity index (χ1) is 7.16. The molecule has 1 amide bonds. The zero-order chi connectivity index (χ0) is 11.1. The van der Waals surface area contributed by atoms with E-state index in [2.05, 4.69) is 24.5 Å². The van der Waals surface area contributed by atoms with Gasteiger partial charge in [0.1, 0.15) is 0 Å². The van der Waals surface area contributed by atoms with Crippen molar-refractivity contribution >= 4 is 17.7 Å². The molecule has 1 atom stereocenters. The van der Waals surface area contributed by atoms with Gasteiger partial charge >= 0.3 is 0 Å². The lowest BCUT2D eigenvalue weighted by molar-refractivity contribution is -0.120. The molecular formula is C11H22N2OS. The van der Waals surface area contributed by atoms with Crippen molar-refractivity contribution in [2.24, 2.45) is 0 Å².